The van der Waals surface area contributed by atoms with E-state index >= 15 is 0 Å². The van der Waals surface area contributed by atoms with Crippen LogP contribution in [0.25, 0.3) is 5.82 Å². The molecule has 5 nitrogen and oxygen atoms in total. The van der Waals surface area contributed by atoms with Crippen LogP contribution >= 0.6 is 15.9 Å². The summed E-state index contributed by atoms with van der Waals surface area (Å²) >= 11 is 3.28. The third-order valence-electron chi connectivity index (χ3n) is 1.88. The van der Waals surface area contributed by atoms with Crippen molar-refractivity contribution in [3.63, 3.8) is 0 Å². The van der Waals surface area contributed by atoms with Gasteiger partial charge in [0.15, 0.2) is 11.6 Å². The maximum Gasteiger partial charge on any atom is 0.159 e. The summed E-state index contributed by atoms with van der Waals surface area (Å²) in [5.41, 5.74) is 0. The van der Waals surface area contributed by atoms with Crippen LogP contribution in [0.15, 0.2) is 23.3 Å². The number of rotatable bonds is 2. The second kappa shape index (κ2) is 4.06. The molecule has 0 saturated carbocycles. The lowest BCUT2D eigenvalue weighted by molar-refractivity contribution is 0.744. The highest BCUT2D eigenvalue weighted by Gasteiger charge is 2.07. The summed E-state index contributed by atoms with van der Waals surface area (Å²) in [4.78, 5) is 12.3. The fraction of sp³-hybridized carbons (Fsp3) is 0.333. The Hall–Kier alpha value is -1.30. The lowest BCUT2D eigenvalue weighted by atomic mass is 10.2. The van der Waals surface area contributed by atoms with Gasteiger partial charge in [0.1, 0.15) is 17.3 Å². The molecule has 0 aliphatic heterocycles. The Labute approximate surface area is 95.7 Å². The van der Waals surface area contributed by atoms with E-state index in [9.17, 15) is 0 Å². The van der Waals surface area contributed by atoms with Gasteiger partial charge in [0.25, 0.3) is 0 Å². The second-order valence-corrected chi connectivity index (χ2v) is 4.21. The van der Waals surface area contributed by atoms with Crippen molar-refractivity contribution in [2.75, 3.05) is 0 Å². The molecule has 6 heteroatoms. The van der Waals surface area contributed by atoms with E-state index in [1.165, 1.54) is 6.33 Å². The van der Waals surface area contributed by atoms with E-state index in [1.807, 2.05) is 0 Å². The second-order valence-electron chi connectivity index (χ2n) is 3.40. The molecule has 2 aromatic heterocycles. The summed E-state index contributed by atoms with van der Waals surface area (Å²) in [6.07, 6.45) is 3.14. The maximum atomic E-state index is 4.32. The van der Waals surface area contributed by atoms with Crippen LogP contribution in [0.5, 0.6) is 0 Å². The molecule has 0 fully saturated rings. The number of halogens is 1. The van der Waals surface area contributed by atoms with Crippen molar-refractivity contribution in [1.82, 2.24) is 24.7 Å². The van der Waals surface area contributed by atoms with Gasteiger partial charge < -0.3 is 0 Å². The zero-order chi connectivity index (χ0) is 10.8. The van der Waals surface area contributed by atoms with Crippen LogP contribution in [0.1, 0.15) is 25.6 Å². The van der Waals surface area contributed by atoms with Gasteiger partial charge >= 0.3 is 0 Å². The Kier molecular flexibility index (Phi) is 2.77. The molecule has 0 aliphatic carbocycles. The molecule has 15 heavy (non-hydrogen) atoms. The SMILES string of the molecule is CC(C)c1ncn(-c2cc(Br)ncn2)n1. The molecule has 2 rings (SSSR count). The molecule has 0 atom stereocenters. The molecule has 2 aromatic rings. The predicted octanol–water partition coefficient (Wildman–Crippen LogP) is 1.94. The largest absolute Gasteiger partial charge is 0.229 e. The summed E-state index contributed by atoms with van der Waals surface area (Å²) in [5.74, 6) is 1.83. The van der Waals surface area contributed by atoms with E-state index in [1.54, 1.807) is 17.1 Å². The molecule has 0 amide bonds. The fourth-order valence-corrected chi connectivity index (χ4v) is 1.40. The molecule has 0 spiro atoms. The molecule has 0 bridgehead atoms. The smallest absolute Gasteiger partial charge is 0.159 e. The molecule has 0 saturated heterocycles. The minimum Gasteiger partial charge on any atom is -0.229 e. The minimum absolute atomic E-state index is 0.316. The summed E-state index contributed by atoms with van der Waals surface area (Å²) in [6.45, 7) is 4.10. The van der Waals surface area contributed by atoms with Crippen LogP contribution in [0.3, 0.4) is 0 Å². The zero-order valence-electron chi connectivity index (χ0n) is 8.42. The number of aromatic nitrogens is 5. The standard InChI is InChI=1S/C9H10BrN5/c1-6(2)9-13-5-15(14-9)8-3-7(10)11-4-12-8/h3-6H,1-2H3. The first kappa shape index (κ1) is 10.2. The normalized spacial score (nSPS) is 10.9. The first-order valence-electron chi connectivity index (χ1n) is 4.56. The van der Waals surface area contributed by atoms with Crippen molar-refractivity contribution in [3.05, 3.63) is 29.1 Å². The summed E-state index contributed by atoms with van der Waals surface area (Å²) < 4.78 is 2.37. The van der Waals surface area contributed by atoms with E-state index < -0.39 is 0 Å². The van der Waals surface area contributed by atoms with E-state index in [0.29, 0.717) is 11.7 Å². The molecule has 0 radical (unpaired) electrons. The van der Waals surface area contributed by atoms with Gasteiger partial charge in [-0.1, -0.05) is 13.8 Å². The Morgan fingerprint density at radius 2 is 2.07 bits per heavy atom. The molecule has 0 unspecified atom stereocenters. The van der Waals surface area contributed by atoms with E-state index in [0.717, 1.165) is 10.4 Å². The highest BCUT2D eigenvalue weighted by Crippen LogP contribution is 2.11. The van der Waals surface area contributed by atoms with Gasteiger partial charge in [-0.3, -0.25) is 0 Å². The van der Waals surface area contributed by atoms with Crippen molar-refractivity contribution >= 4 is 15.9 Å². The zero-order valence-corrected chi connectivity index (χ0v) is 10.0. The Morgan fingerprint density at radius 1 is 1.27 bits per heavy atom. The predicted molar refractivity (Wildman–Crippen MR) is 58.7 cm³/mol. The van der Waals surface area contributed by atoms with Crippen molar-refractivity contribution in [3.8, 4) is 5.82 Å². The first-order chi connectivity index (χ1) is 7.16. The number of nitrogens with zero attached hydrogens (tertiary/aromatic N) is 5. The van der Waals surface area contributed by atoms with Crippen LogP contribution in [0, 0.1) is 0 Å². The molecule has 78 valence electrons. The summed E-state index contributed by atoms with van der Waals surface area (Å²) in [5, 5.41) is 4.32. The van der Waals surface area contributed by atoms with Crippen molar-refractivity contribution < 1.29 is 0 Å². The summed E-state index contributed by atoms with van der Waals surface area (Å²) in [7, 11) is 0. The van der Waals surface area contributed by atoms with E-state index in [2.05, 4.69) is 49.8 Å². The fourth-order valence-electron chi connectivity index (χ4n) is 1.10. The van der Waals surface area contributed by atoms with Gasteiger partial charge in [-0.25, -0.2) is 19.6 Å². The van der Waals surface area contributed by atoms with Gasteiger partial charge in [0.2, 0.25) is 0 Å². The van der Waals surface area contributed by atoms with Crippen LogP contribution < -0.4 is 0 Å². The van der Waals surface area contributed by atoms with Gasteiger partial charge in [-0.05, 0) is 15.9 Å². The van der Waals surface area contributed by atoms with Crippen molar-refractivity contribution in [2.45, 2.75) is 19.8 Å². The first-order valence-corrected chi connectivity index (χ1v) is 5.35. The molecular formula is C9H10BrN5. The van der Waals surface area contributed by atoms with Crippen molar-refractivity contribution in [2.24, 2.45) is 0 Å². The summed E-state index contributed by atoms with van der Waals surface area (Å²) in [6, 6.07) is 1.79. The molecule has 2 heterocycles. The van der Waals surface area contributed by atoms with Crippen molar-refractivity contribution in [1.29, 1.82) is 0 Å². The Balaban J connectivity index is 2.37. The van der Waals surface area contributed by atoms with Gasteiger partial charge in [0, 0.05) is 12.0 Å². The average Bonchev–Trinajstić information content (AvgIpc) is 2.66. The molecule has 0 aromatic carbocycles. The highest BCUT2D eigenvalue weighted by atomic mass is 79.9. The van der Waals surface area contributed by atoms with E-state index in [4.69, 9.17) is 0 Å². The molecular weight excluding hydrogens is 258 g/mol. The van der Waals surface area contributed by atoms with Crippen LogP contribution in [-0.4, -0.2) is 24.7 Å². The lowest BCUT2D eigenvalue weighted by Gasteiger charge is -1.99. The Bertz CT molecular complexity index is 465. The Morgan fingerprint density at radius 3 is 2.67 bits per heavy atom. The topological polar surface area (TPSA) is 56.5 Å². The minimum atomic E-state index is 0.316. The number of hydrogen-bond acceptors (Lipinski definition) is 4. The average molecular weight is 268 g/mol. The monoisotopic (exact) mass is 267 g/mol. The highest BCUT2D eigenvalue weighted by molar-refractivity contribution is 9.10. The van der Waals surface area contributed by atoms with Crippen LogP contribution in [0.4, 0.5) is 0 Å². The quantitative estimate of drug-likeness (QED) is 0.781. The van der Waals surface area contributed by atoms with Gasteiger partial charge in [0.05, 0.1) is 0 Å². The molecule has 0 N–H and O–H groups in total. The maximum absolute atomic E-state index is 4.32. The third kappa shape index (κ3) is 2.20. The van der Waals surface area contributed by atoms with Gasteiger partial charge in [-0.2, -0.15) is 0 Å². The van der Waals surface area contributed by atoms with E-state index in [-0.39, 0.29) is 0 Å². The van der Waals surface area contributed by atoms with Crippen LogP contribution in [0.2, 0.25) is 0 Å². The van der Waals surface area contributed by atoms with Gasteiger partial charge in [-0.15, -0.1) is 5.10 Å². The lowest BCUT2D eigenvalue weighted by Crippen LogP contribution is -2.00. The third-order valence-corrected chi connectivity index (χ3v) is 2.31. The molecule has 0 aliphatic rings. The van der Waals surface area contributed by atoms with Crippen LogP contribution in [-0.2, 0) is 0 Å². The number of hydrogen-bond donors (Lipinski definition) is 0.